The summed E-state index contributed by atoms with van der Waals surface area (Å²) in [7, 11) is 1.52. The number of amides is 3. The van der Waals surface area contributed by atoms with Crippen LogP contribution in [0, 0.1) is 6.92 Å². The molecule has 9 heteroatoms. The minimum absolute atomic E-state index is 0.200. The highest BCUT2D eigenvalue weighted by atomic mass is 35.5. The van der Waals surface area contributed by atoms with Crippen molar-refractivity contribution in [3.8, 4) is 11.5 Å². The smallest absolute Gasteiger partial charge is 0.294 e. The molecule has 0 radical (unpaired) electrons. The first kappa shape index (κ1) is 22.7. The Kier molecular flexibility index (Phi) is 7.25. The summed E-state index contributed by atoms with van der Waals surface area (Å²) < 4.78 is 11.0. The van der Waals surface area contributed by atoms with E-state index in [1.165, 1.54) is 7.11 Å². The predicted molar refractivity (Wildman–Crippen MR) is 122 cm³/mol. The maximum atomic E-state index is 12.8. The number of nitrogens with one attached hydrogen (secondary N) is 1. The molecule has 31 heavy (non-hydrogen) atoms. The van der Waals surface area contributed by atoms with Crippen LogP contribution in [0.4, 0.5) is 10.5 Å². The van der Waals surface area contributed by atoms with Crippen LogP contribution in [-0.4, -0.2) is 42.2 Å². The van der Waals surface area contributed by atoms with Gasteiger partial charge < -0.3 is 14.8 Å². The van der Waals surface area contributed by atoms with Gasteiger partial charge in [0.2, 0.25) is 5.91 Å². The average molecular weight is 461 g/mol. The zero-order valence-electron chi connectivity index (χ0n) is 17.2. The van der Waals surface area contributed by atoms with E-state index in [9.17, 15) is 14.4 Å². The third-order valence-corrected chi connectivity index (χ3v) is 5.60. The molecule has 1 aliphatic rings. The lowest BCUT2D eigenvalue weighted by Gasteiger charge is -2.14. The van der Waals surface area contributed by atoms with Gasteiger partial charge in [-0.25, -0.2) is 0 Å². The van der Waals surface area contributed by atoms with Gasteiger partial charge >= 0.3 is 0 Å². The number of hydrogen-bond acceptors (Lipinski definition) is 6. The van der Waals surface area contributed by atoms with Gasteiger partial charge in [0.25, 0.3) is 11.1 Å². The SMILES string of the molecule is CCOc1c(/C=C2/SC(=O)N(CC(=O)Nc3cc(Cl)ccc3C)C2=O)cccc1OC. The average Bonchev–Trinajstić information content (AvgIpc) is 2.99. The fourth-order valence-electron chi connectivity index (χ4n) is 2.95. The molecule has 0 bridgehead atoms. The van der Waals surface area contributed by atoms with Crippen LogP contribution in [-0.2, 0) is 9.59 Å². The summed E-state index contributed by atoms with van der Waals surface area (Å²) in [4.78, 5) is 38.7. The first-order chi connectivity index (χ1) is 14.8. The summed E-state index contributed by atoms with van der Waals surface area (Å²) >= 11 is 6.74. The van der Waals surface area contributed by atoms with E-state index in [0.29, 0.717) is 34.4 Å². The van der Waals surface area contributed by atoms with Gasteiger partial charge in [0, 0.05) is 16.3 Å². The van der Waals surface area contributed by atoms with Crippen LogP contribution in [0.5, 0.6) is 11.5 Å². The molecule has 2 aromatic carbocycles. The Morgan fingerprint density at radius 2 is 2.03 bits per heavy atom. The monoisotopic (exact) mass is 460 g/mol. The van der Waals surface area contributed by atoms with Crippen molar-refractivity contribution >= 4 is 52.2 Å². The fraction of sp³-hybridized carbons (Fsp3) is 0.227. The molecule has 0 aliphatic carbocycles. The Morgan fingerprint density at radius 1 is 1.26 bits per heavy atom. The summed E-state index contributed by atoms with van der Waals surface area (Å²) in [6.45, 7) is 3.67. The maximum Gasteiger partial charge on any atom is 0.294 e. The molecule has 3 rings (SSSR count). The first-order valence-corrected chi connectivity index (χ1v) is 10.6. The number of anilines is 1. The highest BCUT2D eigenvalue weighted by Gasteiger charge is 2.36. The van der Waals surface area contributed by atoms with Gasteiger partial charge in [0.1, 0.15) is 6.54 Å². The second kappa shape index (κ2) is 9.89. The Bertz CT molecular complexity index is 1070. The Labute approximate surface area is 189 Å². The van der Waals surface area contributed by atoms with E-state index in [-0.39, 0.29) is 4.91 Å². The quantitative estimate of drug-likeness (QED) is 0.601. The molecular weight excluding hydrogens is 440 g/mol. The molecule has 162 valence electrons. The number of benzene rings is 2. The Morgan fingerprint density at radius 3 is 2.74 bits per heavy atom. The molecular formula is C22H21ClN2O5S. The molecule has 1 saturated heterocycles. The summed E-state index contributed by atoms with van der Waals surface area (Å²) in [6.07, 6.45) is 1.57. The van der Waals surface area contributed by atoms with Gasteiger partial charge in [0.05, 0.1) is 18.6 Å². The second-order valence-electron chi connectivity index (χ2n) is 6.59. The van der Waals surface area contributed by atoms with Gasteiger partial charge in [-0.15, -0.1) is 0 Å². The molecule has 0 saturated carbocycles. The number of ether oxygens (including phenoxy) is 2. The van der Waals surface area contributed by atoms with Crippen molar-refractivity contribution in [2.75, 3.05) is 25.6 Å². The van der Waals surface area contributed by atoms with E-state index in [1.54, 1.807) is 42.5 Å². The summed E-state index contributed by atoms with van der Waals surface area (Å²) in [5, 5.41) is 2.64. The number of hydrogen-bond donors (Lipinski definition) is 1. The van der Waals surface area contributed by atoms with Crippen LogP contribution in [0.3, 0.4) is 0 Å². The van der Waals surface area contributed by atoms with E-state index >= 15 is 0 Å². The minimum atomic E-state index is -0.543. The van der Waals surface area contributed by atoms with Crippen LogP contribution >= 0.6 is 23.4 Å². The molecule has 0 aromatic heterocycles. The van der Waals surface area contributed by atoms with E-state index in [4.69, 9.17) is 21.1 Å². The van der Waals surface area contributed by atoms with Gasteiger partial charge in [0.15, 0.2) is 11.5 Å². The lowest BCUT2D eigenvalue weighted by Crippen LogP contribution is -2.36. The van der Waals surface area contributed by atoms with Crippen LogP contribution < -0.4 is 14.8 Å². The summed E-state index contributed by atoms with van der Waals surface area (Å²) in [6, 6.07) is 10.4. The lowest BCUT2D eigenvalue weighted by molar-refractivity contribution is -0.127. The fourth-order valence-corrected chi connectivity index (χ4v) is 3.95. The maximum absolute atomic E-state index is 12.8. The molecule has 1 heterocycles. The van der Waals surface area contributed by atoms with Crippen molar-refractivity contribution in [2.24, 2.45) is 0 Å². The van der Waals surface area contributed by atoms with E-state index in [0.717, 1.165) is 22.2 Å². The number of methoxy groups -OCH3 is 1. The number of halogens is 1. The standard InChI is InChI=1S/C22H21ClN2O5S/c1-4-30-20-14(6-5-7-17(20)29-3)10-18-21(27)25(22(28)31-18)12-19(26)24-16-11-15(23)9-8-13(16)2/h5-11H,4,12H2,1-3H3,(H,24,26)/b18-10+. The third-order valence-electron chi connectivity index (χ3n) is 4.45. The highest BCUT2D eigenvalue weighted by molar-refractivity contribution is 8.18. The van der Waals surface area contributed by atoms with Crippen molar-refractivity contribution in [3.63, 3.8) is 0 Å². The topological polar surface area (TPSA) is 84.9 Å². The van der Waals surface area contributed by atoms with Crippen molar-refractivity contribution in [2.45, 2.75) is 13.8 Å². The molecule has 0 atom stereocenters. The van der Waals surface area contributed by atoms with E-state index in [2.05, 4.69) is 5.32 Å². The molecule has 1 aliphatic heterocycles. The van der Waals surface area contributed by atoms with Crippen LogP contribution in [0.1, 0.15) is 18.1 Å². The van der Waals surface area contributed by atoms with Gasteiger partial charge in [-0.05, 0) is 55.4 Å². The molecule has 0 unspecified atom stereocenters. The second-order valence-corrected chi connectivity index (χ2v) is 8.02. The Hall–Kier alpha value is -2.97. The van der Waals surface area contributed by atoms with Crippen LogP contribution in [0.15, 0.2) is 41.3 Å². The number of imide groups is 1. The van der Waals surface area contributed by atoms with Crippen LogP contribution in [0.25, 0.3) is 6.08 Å². The van der Waals surface area contributed by atoms with Gasteiger partial charge in [-0.1, -0.05) is 29.8 Å². The molecule has 1 fully saturated rings. The number of nitrogens with zero attached hydrogens (tertiary/aromatic N) is 1. The van der Waals surface area contributed by atoms with Crippen molar-refractivity contribution in [3.05, 3.63) is 57.5 Å². The molecule has 7 nitrogen and oxygen atoms in total. The van der Waals surface area contributed by atoms with Crippen LogP contribution in [0.2, 0.25) is 5.02 Å². The summed E-state index contributed by atoms with van der Waals surface area (Å²) in [5.74, 6) is -0.0388. The molecule has 1 N–H and O–H groups in total. The minimum Gasteiger partial charge on any atom is -0.493 e. The van der Waals surface area contributed by atoms with Gasteiger partial charge in [-0.3, -0.25) is 19.3 Å². The van der Waals surface area contributed by atoms with Gasteiger partial charge in [-0.2, -0.15) is 0 Å². The van der Waals surface area contributed by atoms with E-state index in [1.807, 2.05) is 13.8 Å². The predicted octanol–water partition coefficient (Wildman–Crippen LogP) is 4.73. The Balaban J connectivity index is 1.78. The highest BCUT2D eigenvalue weighted by Crippen LogP contribution is 2.37. The summed E-state index contributed by atoms with van der Waals surface area (Å²) in [5.41, 5.74) is 1.94. The third kappa shape index (κ3) is 5.21. The van der Waals surface area contributed by atoms with Crippen molar-refractivity contribution < 1.29 is 23.9 Å². The molecule has 3 amide bonds. The number of rotatable bonds is 7. The number of carbonyl (C=O) groups is 3. The molecule has 2 aromatic rings. The normalized spacial score (nSPS) is 14.8. The number of carbonyl (C=O) groups excluding carboxylic acids is 3. The largest absolute Gasteiger partial charge is 0.493 e. The van der Waals surface area contributed by atoms with E-state index < -0.39 is 23.6 Å². The number of para-hydroxylation sites is 1. The van der Waals surface area contributed by atoms with Crippen molar-refractivity contribution in [1.82, 2.24) is 4.90 Å². The number of aryl methyl sites for hydroxylation is 1. The zero-order valence-corrected chi connectivity index (χ0v) is 18.8. The zero-order chi connectivity index (χ0) is 22.5. The first-order valence-electron chi connectivity index (χ1n) is 9.45. The molecule has 0 spiro atoms. The van der Waals surface area contributed by atoms with Crippen molar-refractivity contribution in [1.29, 1.82) is 0 Å². The number of thioether (sulfide) groups is 1. The lowest BCUT2D eigenvalue weighted by atomic mass is 10.1.